The van der Waals surface area contributed by atoms with Crippen molar-refractivity contribution in [1.29, 1.82) is 0 Å². The number of imidazole rings is 1. The van der Waals surface area contributed by atoms with E-state index in [4.69, 9.17) is 25.1 Å². The maximum absolute atomic E-state index is 13.3. The number of aliphatic imine (C=N–C) groups is 2. The van der Waals surface area contributed by atoms with Crippen LogP contribution in [-0.4, -0.2) is 98.7 Å². The van der Waals surface area contributed by atoms with E-state index in [1.807, 2.05) is 12.2 Å². The Balaban J connectivity index is 1.65. The van der Waals surface area contributed by atoms with Gasteiger partial charge >= 0.3 is 20.6 Å². The lowest BCUT2D eigenvalue weighted by Gasteiger charge is -2.36. The van der Waals surface area contributed by atoms with Crippen molar-refractivity contribution in [2.75, 3.05) is 30.3 Å². The molecule has 1 aliphatic rings. The van der Waals surface area contributed by atoms with Crippen LogP contribution in [0.25, 0.3) is 11.2 Å². The number of halogens is 3. The number of rotatable bonds is 20. The highest BCUT2D eigenvalue weighted by atomic mass is 31.2. The molecule has 15 nitrogen and oxygen atoms in total. The van der Waals surface area contributed by atoms with Crippen LogP contribution < -0.4 is 16.0 Å². The zero-order chi connectivity index (χ0) is 40.8. The maximum atomic E-state index is 13.3. The average molecular weight is 794 g/mol. The van der Waals surface area contributed by atoms with Crippen molar-refractivity contribution < 1.29 is 37.9 Å². The molecule has 1 saturated heterocycles. The molecule has 0 radical (unpaired) electrons. The molecule has 2 unspecified atom stereocenters. The second kappa shape index (κ2) is 20.6. The predicted molar refractivity (Wildman–Crippen MR) is 208 cm³/mol. The van der Waals surface area contributed by atoms with Crippen LogP contribution in [0.3, 0.4) is 0 Å². The van der Waals surface area contributed by atoms with Gasteiger partial charge in [-0.1, -0.05) is 31.0 Å². The summed E-state index contributed by atoms with van der Waals surface area (Å²) in [5, 5.41) is 8.10. The summed E-state index contributed by atoms with van der Waals surface area (Å²) in [7, 11) is -1.64. The summed E-state index contributed by atoms with van der Waals surface area (Å²) in [6.45, 7) is 12.6. The average Bonchev–Trinajstić information content (AvgIpc) is 3.72. The summed E-state index contributed by atoms with van der Waals surface area (Å²) in [4.78, 5) is 47.0. The zero-order valence-electron chi connectivity index (χ0n) is 33.0. The monoisotopic (exact) mass is 793 g/mol. The number of aromatic nitrogens is 4. The van der Waals surface area contributed by atoms with E-state index in [-0.39, 0.29) is 42.8 Å². The van der Waals surface area contributed by atoms with Gasteiger partial charge in [0.15, 0.2) is 23.4 Å². The lowest BCUT2D eigenvalue weighted by atomic mass is 10.2. The van der Waals surface area contributed by atoms with Crippen molar-refractivity contribution >= 4 is 61.8 Å². The van der Waals surface area contributed by atoms with Crippen LogP contribution in [0, 0.1) is 0 Å². The molecule has 4 rings (SSSR count). The van der Waals surface area contributed by atoms with Crippen LogP contribution in [0.5, 0.6) is 0 Å². The van der Waals surface area contributed by atoms with E-state index in [1.165, 1.54) is 12.6 Å². The molecule has 0 spiro atoms. The molecular weight excluding hydrogens is 740 g/mol. The molecule has 3 N–H and O–H groups in total. The third kappa shape index (κ3) is 12.1. The Morgan fingerprint density at radius 2 is 1.82 bits per heavy atom. The van der Waals surface area contributed by atoms with Crippen molar-refractivity contribution in [3.8, 4) is 0 Å². The van der Waals surface area contributed by atoms with Crippen LogP contribution in [0.15, 0.2) is 40.3 Å². The molecule has 0 bridgehead atoms. The van der Waals surface area contributed by atoms with E-state index in [9.17, 15) is 22.8 Å². The van der Waals surface area contributed by atoms with Gasteiger partial charge in [-0.2, -0.15) is 23.1 Å². The Hall–Kier alpha value is -4.25. The minimum atomic E-state index is -4.91. The van der Waals surface area contributed by atoms with Crippen LogP contribution >= 0.6 is 8.53 Å². The van der Waals surface area contributed by atoms with E-state index >= 15 is 0 Å². The van der Waals surface area contributed by atoms with Crippen LogP contribution in [0.1, 0.15) is 98.5 Å². The molecule has 3 aromatic rings. The van der Waals surface area contributed by atoms with Gasteiger partial charge in [-0.25, -0.2) is 14.6 Å². The van der Waals surface area contributed by atoms with E-state index < -0.39 is 45.0 Å². The number of amides is 2. The quantitative estimate of drug-likeness (QED) is 0.0449. The maximum Gasteiger partial charge on any atom is 0.471 e. The molecule has 2 amide bonds. The second-order valence-electron chi connectivity index (χ2n) is 13.2. The molecule has 3 heterocycles. The number of hydrogen-bond acceptors (Lipinski definition) is 12. The third-order valence-corrected chi connectivity index (χ3v) is 10.3. The molecule has 302 valence electrons. The molecule has 19 heteroatoms. The summed E-state index contributed by atoms with van der Waals surface area (Å²) in [5.74, 6) is -1.80. The normalized spacial score (nSPS) is 18.5. The van der Waals surface area contributed by atoms with Crippen molar-refractivity contribution in [2.45, 2.75) is 117 Å². The van der Waals surface area contributed by atoms with Crippen molar-refractivity contribution in [1.82, 2.24) is 29.5 Å². The van der Waals surface area contributed by atoms with Crippen molar-refractivity contribution in [3.63, 3.8) is 0 Å². The number of benzene rings is 1. The number of hydrogen-bond donors (Lipinski definition) is 3. The minimum absolute atomic E-state index is 0.0770. The fourth-order valence-corrected chi connectivity index (χ4v) is 7.46. The number of carbonyl (C=O) groups is 2. The van der Waals surface area contributed by atoms with Gasteiger partial charge in [0.25, 0.3) is 11.9 Å². The number of fused-ring (bicyclic) bond motifs is 1. The van der Waals surface area contributed by atoms with Gasteiger partial charge in [-0.3, -0.25) is 19.1 Å². The van der Waals surface area contributed by atoms with Gasteiger partial charge < -0.3 is 29.7 Å². The van der Waals surface area contributed by atoms with Crippen LogP contribution in [0.2, 0.25) is 0 Å². The van der Waals surface area contributed by atoms with E-state index in [1.54, 1.807) is 41.8 Å². The lowest BCUT2D eigenvalue weighted by Crippen LogP contribution is -2.37. The fraction of sp³-hybridized carbons (Fsp3) is 0.583. The summed E-state index contributed by atoms with van der Waals surface area (Å²) in [6.07, 6.45) is -1.35. The number of nitrogens with one attached hydrogen (secondary N) is 3. The zero-order valence-corrected chi connectivity index (χ0v) is 32.9. The molecule has 0 aliphatic carbocycles. The summed E-state index contributed by atoms with van der Waals surface area (Å²) in [5.41, 5.74) is 1.00. The van der Waals surface area contributed by atoms with Crippen LogP contribution in [0.4, 0.5) is 30.9 Å². The Labute approximate surface area is 322 Å². The Bertz CT molecular complexity index is 1780. The predicted octanol–water partition coefficient (Wildman–Crippen LogP) is 7.55. The van der Waals surface area contributed by atoms with E-state index in [0.717, 1.165) is 0 Å². The molecular formula is C36H52F3N10O5P. The largest absolute Gasteiger partial charge is 0.471 e. The summed E-state index contributed by atoms with van der Waals surface area (Å²) < 4.78 is 69.0. The molecule has 1 aromatic carbocycles. The van der Waals surface area contributed by atoms with Crippen molar-refractivity contribution in [2.24, 2.45) is 9.98 Å². The number of alkyl halides is 3. The molecule has 4 atom stereocenters. The highest BCUT2D eigenvalue weighted by Gasteiger charge is 2.41. The number of carbonyl (C=O) groups excluding carboxylic acids is 2. The number of anilines is 2. The van der Waals surface area contributed by atoms with Crippen LogP contribution in [-0.2, 0) is 18.6 Å². The molecule has 0 saturated carbocycles. The van der Waals surface area contributed by atoms with Gasteiger partial charge in [0.2, 0.25) is 5.95 Å². The first kappa shape index (κ1) is 41.9. The standard InChI is InChI=1S/C36H52F3N10O5P/c1-8-40-22-52-55(49(23(3)4)24(5)6)54-27-21-28(53-25(27)7)48-31-29(44-35(48)43-20-16-11-10-15-19-42-33(51)36(37,38)39)30(46-34(47-31)41-9-2)45-32(50)26-17-13-12-14-18-26/h9,12-14,17-18,22-25,27-28H,8,10-11,15-16,19-21H2,1-7H3,(H,42,51)(H,43,44)(H,45,46,47,50)/t25-,27?,28-,55?/m1/s1/i7D. The topological polar surface area (TPSA) is 169 Å². The highest BCUT2D eigenvalue weighted by molar-refractivity contribution is 7.45. The fourth-order valence-electron chi connectivity index (χ4n) is 5.84. The summed E-state index contributed by atoms with van der Waals surface area (Å²) >= 11 is 0. The molecule has 1 aliphatic heterocycles. The summed E-state index contributed by atoms with van der Waals surface area (Å²) in [6, 6.07) is 8.81. The smallest absolute Gasteiger partial charge is 0.425 e. The minimum Gasteiger partial charge on any atom is -0.425 e. The van der Waals surface area contributed by atoms with E-state index in [2.05, 4.69) is 58.0 Å². The first-order chi connectivity index (χ1) is 26.8. The SMILES string of the molecule is [2H]C[C@H]1O[C@@H](n2c(NCCCCCCNC(=O)C(F)(F)F)nc3c(NC(=O)c4ccccc4)nc(N=CC)nc32)CC1OP(OC=NCC)N(C(C)C)C(C)C. The first-order valence-electron chi connectivity index (χ1n) is 19.1. The Kier molecular flexibility index (Phi) is 15.7. The lowest BCUT2D eigenvalue weighted by molar-refractivity contribution is -0.173. The Morgan fingerprint density at radius 3 is 2.45 bits per heavy atom. The number of nitrogens with zero attached hydrogens (tertiary/aromatic N) is 7. The molecule has 1 fully saturated rings. The van der Waals surface area contributed by atoms with Gasteiger partial charge in [0.05, 0.1) is 12.2 Å². The second-order valence-corrected chi connectivity index (χ2v) is 14.5. The van der Waals surface area contributed by atoms with Gasteiger partial charge in [-0.05, 0) is 73.4 Å². The van der Waals surface area contributed by atoms with E-state index in [0.29, 0.717) is 62.4 Å². The van der Waals surface area contributed by atoms with Gasteiger partial charge in [-0.15, -0.1) is 0 Å². The molecule has 55 heavy (non-hydrogen) atoms. The van der Waals surface area contributed by atoms with Crippen molar-refractivity contribution in [3.05, 3.63) is 35.9 Å². The van der Waals surface area contributed by atoms with Gasteiger partial charge in [0.1, 0.15) is 6.23 Å². The highest BCUT2D eigenvalue weighted by Crippen LogP contribution is 2.50. The number of unbranched alkanes of at least 4 members (excludes halogenated alkanes) is 3. The number of ether oxygens (including phenoxy) is 1. The van der Waals surface area contributed by atoms with Gasteiger partial charge in [0, 0.05) is 51.3 Å². The Morgan fingerprint density at radius 1 is 1.11 bits per heavy atom. The third-order valence-electron chi connectivity index (χ3n) is 8.31. The first-order valence-corrected chi connectivity index (χ1v) is 19.5. The molecule has 2 aromatic heterocycles.